The molecule has 1 aromatic rings. The van der Waals surface area contributed by atoms with Gasteiger partial charge >= 0.3 is 0 Å². The van der Waals surface area contributed by atoms with E-state index >= 15 is 0 Å². The largest absolute Gasteiger partial charge is 0.463 e. The van der Waals surface area contributed by atoms with Gasteiger partial charge in [-0.05, 0) is 6.92 Å². The van der Waals surface area contributed by atoms with Crippen molar-refractivity contribution in [1.82, 2.24) is 9.97 Å². The van der Waals surface area contributed by atoms with Crippen LogP contribution in [-0.2, 0) is 4.79 Å². The topological polar surface area (TPSA) is 84.1 Å². The monoisotopic (exact) mass is 181 g/mol. The van der Waals surface area contributed by atoms with Gasteiger partial charge in [0.1, 0.15) is 0 Å². The predicted octanol–water partition coefficient (Wildman–Crippen LogP) is -0.511. The van der Waals surface area contributed by atoms with Crippen LogP contribution in [0.4, 0.5) is 5.69 Å². The summed E-state index contributed by atoms with van der Waals surface area (Å²) in [7, 11) is 0. The Morgan fingerprint density at radius 3 is 3.08 bits per heavy atom. The number of ether oxygens (including phenoxy) is 1. The summed E-state index contributed by atoms with van der Waals surface area (Å²) in [5.74, 6) is -0.179. The molecule has 0 aliphatic carbocycles. The fourth-order valence-electron chi connectivity index (χ4n) is 1.03. The van der Waals surface area contributed by atoms with Crippen molar-refractivity contribution in [3.05, 3.63) is 16.7 Å². The Morgan fingerprint density at radius 2 is 2.31 bits per heavy atom. The van der Waals surface area contributed by atoms with E-state index < -0.39 is 11.7 Å². The number of carbonyl (C=O) groups excluding carboxylic acids is 1. The number of carbonyl (C=O) groups is 1. The van der Waals surface area contributed by atoms with Crippen LogP contribution in [0.3, 0.4) is 0 Å². The Labute approximate surface area is 72.9 Å². The van der Waals surface area contributed by atoms with Crippen LogP contribution in [0, 0.1) is 0 Å². The zero-order valence-corrected chi connectivity index (χ0v) is 6.83. The van der Waals surface area contributed by atoms with Crippen LogP contribution in [0.15, 0.2) is 11.1 Å². The van der Waals surface area contributed by atoms with Crippen molar-refractivity contribution in [2.24, 2.45) is 0 Å². The Kier molecular flexibility index (Phi) is 1.54. The number of nitrogens with zero attached hydrogens (tertiary/aromatic N) is 1. The van der Waals surface area contributed by atoms with Crippen LogP contribution in [0.2, 0.25) is 0 Å². The van der Waals surface area contributed by atoms with Gasteiger partial charge in [0.05, 0.1) is 6.33 Å². The van der Waals surface area contributed by atoms with Gasteiger partial charge in [0.25, 0.3) is 11.5 Å². The van der Waals surface area contributed by atoms with Gasteiger partial charge in [-0.2, -0.15) is 0 Å². The number of amides is 1. The number of aromatic amines is 1. The lowest BCUT2D eigenvalue weighted by Gasteiger charge is -2.20. The molecule has 68 valence electrons. The second-order valence-electron chi connectivity index (χ2n) is 2.66. The van der Waals surface area contributed by atoms with E-state index in [0.29, 0.717) is 0 Å². The molecule has 2 rings (SSSR count). The zero-order valence-electron chi connectivity index (χ0n) is 6.83. The highest BCUT2D eigenvalue weighted by Crippen LogP contribution is 2.21. The first-order chi connectivity index (χ1) is 6.18. The van der Waals surface area contributed by atoms with Crippen molar-refractivity contribution in [3.63, 3.8) is 0 Å². The molecule has 6 nitrogen and oxygen atoms in total. The number of fused-ring (bicyclic) bond motifs is 1. The van der Waals surface area contributed by atoms with Crippen molar-refractivity contribution < 1.29 is 9.53 Å². The van der Waals surface area contributed by atoms with Crippen molar-refractivity contribution >= 4 is 11.6 Å². The minimum atomic E-state index is -0.609. The molecule has 6 heteroatoms. The summed E-state index contributed by atoms with van der Waals surface area (Å²) in [6.07, 6.45) is 0.618. The SMILES string of the molecule is CC1Oc2nc[nH]c(=O)c2NC1=O. The maximum atomic E-state index is 11.1. The summed E-state index contributed by atoms with van der Waals surface area (Å²) in [6, 6.07) is 0. The van der Waals surface area contributed by atoms with Crippen LogP contribution in [0.25, 0.3) is 0 Å². The van der Waals surface area contributed by atoms with E-state index in [1.807, 2.05) is 0 Å². The first kappa shape index (κ1) is 7.78. The van der Waals surface area contributed by atoms with Crippen LogP contribution in [0.5, 0.6) is 5.88 Å². The maximum absolute atomic E-state index is 11.1. The molecule has 0 saturated heterocycles. The van der Waals surface area contributed by atoms with Crippen molar-refractivity contribution in [3.8, 4) is 5.88 Å². The summed E-state index contributed by atoms with van der Waals surface area (Å²) in [5, 5.41) is 2.41. The first-order valence-electron chi connectivity index (χ1n) is 3.73. The smallest absolute Gasteiger partial charge is 0.278 e. The number of H-pyrrole nitrogens is 1. The molecule has 0 aromatic carbocycles. The average molecular weight is 181 g/mol. The predicted molar refractivity (Wildman–Crippen MR) is 43.6 cm³/mol. The van der Waals surface area contributed by atoms with Crippen molar-refractivity contribution in [2.75, 3.05) is 5.32 Å². The molecule has 1 unspecified atom stereocenters. The highest BCUT2D eigenvalue weighted by Gasteiger charge is 2.26. The summed E-state index contributed by atoms with van der Waals surface area (Å²) >= 11 is 0. The van der Waals surface area contributed by atoms with Crippen LogP contribution in [-0.4, -0.2) is 22.0 Å². The highest BCUT2D eigenvalue weighted by molar-refractivity contribution is 5.96. The third kappa shape index (κ3) is 1.16. The van der Waals surface area contributed by atoms with E-state index in [9.17, 15) is 9.59 Å². The Hall–Kier alpha value is -1.85. The number of aromatic nitrogens is 2. The van der Waals surface area contributed by atoms with Crippen molar-refractivity contribution in [1.29, 1.82) is 0 Å². The molecule has 2 N–H and O–H groups in total. The number of anilines is 1. The summed E-state index contributed by atoms with van der Waals surface area (Å²) < 4.78 is 5.08. The molecule has 0 bridgehead atoms. The second kappa shape index (κ2) is 2.58. The molecule has 1 atom stereocenters. The summed E-state index contributed by atoms with van der Waals surface area (Å²) in [4.78, 5) is 28.3. The number of rotatable bonds is 0. The lowest BCUT2D eigenvalue weighted by Crippen LogP contribution is -2.37. The van der Waals surface area contributed by atoms with Crippen LogP contribution >= 0.6 is 0 Å². The Morgan fingerprint density at radius 1 is 1.54 bits per heavy atom. The molecule has 1 aliphatic heterocycles. The zero-order chi connectivity index (χ0) is 9.42. The van der Waals surface area contributed by atoms with E-state index in [4.69, 9.17) is 4.74 Å². The second-order valence-corrected chi connectivity index (χ2v) is 2.66. The van der Waals surface area contributed by atoms with E-state index in [1.54, 1.807) is 6.92 Å². The van der Waals surface area contributed by atoms with Crippen LogP contribution in [0.1, 0.15) is 6.92 Å². The maximum Gasteiger partial charge on any atom is 0.278 e. The van der Waals surface area contributed by atoms with Gasteiger partial charge < -0.3 is 15.0 Å². The number of hydrogen-bond donors (Lipinski definition) is 2. The Bertz CT molecular complexity index is 412. The molecule has 0 spiro atoms. The minimum absolute atomic E-state index is 0.0746. The molecular formula is C7H7N3O3. The molecule has 1 amide bonds. The van der Waals surface area contributed by atoms with E-state index in [-0.39, 0.29) is 17.5 Å². The minimum Gasteiger partial charge on any atom is -0.463 e. The molecule has 0 fully saturated rings. The number of nitrogens with one attached hydrogen (secondary N) is 2. The fourth-order valence-corrected chi connectivity index (χ4v) is 1.03. The molecule has 2 heterocycles. The summed E-state index contributed by atoms with van der Waals surface area (Å²) in [6.45, 7) is 1.58. The van der Waals surface area contributed by atoms with E-state index in [1.165, 1.54) is 6.33 Å². The molecule has 0 saturated carbocycles. The van der Waals surface area contributed by atoms with E-state index in [0.717, 1.165) is 0 Å². The fraction of sp³-hybridized carbons (Fsp3) is 0.286. The number of hydrogen-bond acceptors (Lipinski definition) is 4. The highest BCUT2D eigenvalue weighted by atomic mass is 16.5. The quantitative estimate of drug-likeness (QED) is 0.564. The third-order valence-corrected chi connectivity index (χ3v) is 1.72. The molecule has 0 radical (unpaired) electrons. The summed E-state index contributed by atoms with van der Waals surface area (Å²) in [5.41, 5.74) is -0.337. The standard InChI is InChI=1S/C7H7N3O3/c1-3-5(11)10-4-6(12)8-2-9-7(4)13-3/h2-3H,1H3,(H,10,11)(H,8,9,12). The molecular weight excluding hydrogens is 174 g/mol. The lowest BCUT2D eigenvalue weighted by molar-refractivity contribution is -0.122. The lowest BCUT2D eigenvalue weighted by atomic mass is 10.3. The van der Waals surface area contributed by atoms with Gasteiger partial charge in [-0.15, -0.1) is 0 Å². The first-order valence-corrected chi connectivity index (χ1v) is 3.73. The van der Waals surface area contributed by atoms with E-state index in [2.05, 4.69) is 15.3 Å². The Balaban J connectivity index is 2.54. The van der Waals surface area contributed by atoms with Gasteiger partial charge in [0, 0.05) is 0 Å². The van der Waals surface area contributed by atoms with Gasteiger partial charge in [-0.3, -0.25) is 9.59 Å². The van der Waals surface area contributed by atoms with Gasteiger partial charge in [-0.25, -0.2) is 4.98 Å². The third-order valence-electron chi connectivity index (χ3n) is 1.72. The van der Waals surface area contributed by atoms with Gasteiger partial charge in [-0.1, -0.05) is 0 Å². The molecule has 1 aliphatic rings. The van der Waals surface area contributed by atoms with Gasteiger partial charge in [0.2, 0.25) is 5.88 Å². The van der Waals surface area contributed by atoms with Gasteiger partial charge in [0.15, 0.2) is 11.8 Å². The van der Waals surface area contributed by atoms with Crippen molar-refractivity contribution in [2.45, 2.75) is 13.0 Å². The molecule has 1 aromatic heterocycles. The van der Waals surface area contributed by atoms with Crippen LogP contribution < -0.4 is 15.6 Å². The normalized spacial score (nSPS) is 20.1. The molecule has 13 heavy (non-hydrogen) atoms. The average Bonchev–Trinajstić information content (AvgIpc) is 2.09.